The van der Waals surface area contributed by atoms with Crippen molar-refractivity contribution in [1.29, 1.82) is 0 Å². The Bertz CT molecular complexity index is 536. The van der Waals surface area contributed by atoms with Crippen molar-refractivity contribution >= 4 is 11.6 Å². The van der Waals surface area contributed by atoms with Gasteiger partial charge in [0.05, 0.1) is 0 Å². The fourth-order valence-corrected chi connectivity index (χ4v) is 2.34. The van der Waals surface area contributed by atoms with Crippen LogP contribution in [-0.2, 0) is 12.8 Å². The van der Waals surface area contributed by atoms with Gasteiger partial charge in [-0.05, 0) is 38.0 Å². The zero-order chi connectivity index (χ0) is 13.8. The number of rotatable bonds is 5. The van der Waals surface area contributed by atoms with E-state index in [4.69, 9.17) is 17.3 Å². The van der Waals surface area contributed by atoms with E-state index in [2.05, 4.69) is 23.9 Å². The van der Waals surface area contributed by atoms with Gasteiger partial charge in [-0.3, -0.25) is 0 Å². The summed E-state index contributed by atoms with van der Waals surface area (Å²) in [6.07, 6.45) is 3.08. The fraction of sp³-hybridized carbons (Fsp3) is 0.429. The van der Waals surface area contributed by atoms with Gasteiger partial charge in [-0.2, -0.15) is 5.10 Å². The first-order valence-electron chi connectivity index (χ1n) is 6.44. The third kappa shape index (κ3) is 3.78. The molecule has 2 N–H and O–H groups in total. The van der Waals surface area contributed by atoms with Crippen LogP contribution in [0.1, 0.15) is 31.3 Å². The first-order valence-corrected chi connectivity index (χ1v) is 6.82. The SMILES string of the molecule is CC(C)n1ncnc1CC(N)Cc1cccc(Cl)c1. The van der Waals surface area contributed by atoms with Crippen molar-refractivity contribution in [2.24, 2.45) is 5.73 Å². The number of benzene rings is 1. The van der Waals surface area contributed by atoms with Gasteiger partial charge in [-0.15, -0.1) is 0 Å². The van der Waals surface area contributed by atoms with Crippen LogP contribution in [-0.4, -0.2) is 20.8 Å². The lowest BCUT2D eigenvalue weighted by molar-refractivity contribution is 0.489. The van der Waals surface area contributed by atoms with Crippen molar-refractivity contribution in [3.05, 3.63) is 47.0 Å². The maximum atomic E-state index is 6.19. The average molecular weight is 279 g/mol. The Morgan fingerprint density at radius 3 is 2.79 bits per heavy atom. The Morgan fingerprint density at radius 2 is 2.11 bits per heavy atom. The maximum Gasteiger partial charge on any atom is 0.138 e. The highest BCUT2D eigenvalue weighted by molar-refractivity contribution is 6.30. The van der Waals surface area contributed by atoms with Crippen LogP contribution in [0.4, 0.5) is 0 Å². The molecule has 4 nitrogen and oxygen atoms in total. The summed E-state index contributed by atoms with van der Waals surface area (Å²) in [7, 11) is 0. The normalized spacial score (nSPS) is 12.9. The smallest absolute Gasteiger partial charge is 0.138 e. The zero-order valence-corrected chi connectivity index (χ0v) is 12.0. The molecule has 1 heterocycles. The Morgan fingerprint density at radius 1 is 1.32 bits per heavy atom. The van der Waals surface area contributed by atoms with Gasteiger partial charge >= 0.3 is 0 Å². The Balaban J connectivity index is 2.01. The Hall–Kier alpha value is -1.39. The third-order valence-corrected chi connectivity index (χ3v) is 3.20. The molecule has 0 saturated carbocycles. The molecule has 0 spiro atoms. The van der Waals surface area contributed by atoms with Crippen molar-refractivity contribution in [2.75, 3.05) is 0 Å². The van der Waals surface area contributed by atoms with Gasteiger partial charge in [0.1, 0.15) is 12.2 Å². The van der Waals surface area contributed by atoms with Crippen molar-refractivity contribution < 1.29 is 0 Å². The summed E-state index contributed by atoms with van der Waals surface area (Å²) in [5.41, 5.74) is 7.34. The van der Waals surface area contributed by atoms with E-state index in [-0.39, 0.29) is 6.04 Å². The van der Waals surface area contributed by atoms with Crippen molar-refractivity contribution in [2.45, 2.75) is 38.8 Å². The highest BCUT2D eigenvalue weighted by Crippen LogP contribution is 2.13. The lowest BCUT2D eigenvalue weighted by Crippen LogP contribution is -2.27. The van der Waals surface area contributed by atoms with Crippen molar-refractivity contribution in [1.82, 2.24) is 14.8 Å². The number of aromatic nitrogens is 3. The highest BCUT2D eigenvalue weighted by Gasteiger charge is 2.12. The van der Waals surface area contributed by atoms with Gasteiger partial charge in [0.25, 0.3) is 0 Å². The molecule has 1 aromatic heterocycles. The second-order valence-corrected chi connectivity index (χ2v) is 5.45. The standard InChI is InChI=1S/C14H19ClN4/c1-10(2)19-14(17-9-18-19)8-13(16)7-11-4-3-5-12(15)6-11/h3-6,9-10,13H,7-8,16H2,1-2H3. The summed E-state index contributed by atoms with van der Waals surface area (Å²) in [5, 5.41) is 4.96. The molecule has 2 aromatic rings. The molecule has 0 fully saturated rings. The quantitative estimate of drug-likeness (QED) is 0.915. The van der Waals surface area contributed by atoms with Crippen molar-refractivity contribution in [3.63, 3.8) is 0 Å². The van der Waals surface area contributed by atoms with E-state index in [9.17, 15) is 0 Å². The van der Waals surface area contributed by atoms with Crippen LogP contribution in [0.15, 0.2) is 30.6 Å². The van der Waals surface area contributed by atoms with E-state index in [1.807, 2.05) is 28.9 Å². The molecular formula is C14H19ClN4. The van der Waals surface area contributed by atoms with Gasteiger partial charge in [-0.25, -0.2) is 9.67 Å². The molecule has 19 heavy (non-hydrogen) atoms. The van der Waals surface area contributed by atoms with Gasteiger partial charge in [0.2, 0.25) is 0 Å². The molecule has 1 unspecified atom stereocenters. The second kappa shape index (κ2) is 6.17. The monoisotopic (exact) mass is 278 g/mol. The van der Waals surface area contributed by atoms with Crippen LogP contribution in [0, 0.1) is 0 Å². The number of hydrogen-bond acceptors (Lipinski definition) is 3. The molecule has 0 bridgehead atoms. The van der Waals surface area contributed by atoms with E-state index in [0.717, 1.165) is 22.8 Å². The number of nitrogens with zero attached hydrogens (tertiary/aromatic N) is 3. The number of hydrogen-bond donors (Lipinski definition) is 1. The van der Waals surface area contributed by atoms with Gasteiger partial charge < -0.3 is 5.73 Å². The topological polar surface area (TPSA) is 56.7 Å². The van der Waals surface area contributed by atoms with Crippen LogP contribution >= 0.6 is 11.6 Å². The predicted molar refractivity (Wildman–Crippen MR) is 77.2 cm³/mol. The Labute approximate surface area is 118 Å². The molecule has 5 heteroatoms. The number of halogens is 1. The lowest BCUT2D eigenvalue weighted by atomic mass is 10.0. The van der Waals surface area contributed by atoms with Crippen LogP contribution in [0.5, 0.6) is 0 Å². The fourth-order valence-electron chi connectivity index (χ4n) is 2.12. The van der Waals surface area contributed by atoms with Crippen LogP contribution < -0.4 is 5.73 Å². The van der Waals surface area contributed by atoms with E-state index in [1.165, 1.54) is 0 Å². The molecule has 0 aliphatic heterocycles. The van der Waals surface area contributed by atoms with E-state index in [1.54, 1.807) is 6.33 Å². The molecular weight excluding hydrogens is 260 g/mol. The summed E-state index contributed by atoms with van der Waals surface area (Å²) >= 11 is 5.97. The zero-order valence-electron chi connectivity index (χ0n) is 11.3. The summed E-state index contributed by atoms with van der Waals surface area (Å²) in [4.78, 5) is 4.28. The first-order chi connectivity index (χ1) is 9.06. The van der Waals surface area contributed by atoms with Gasteiger partial charge in [-0.1, -0.05) is 23.7 Å². The molecule has 2 rings (SSSR count). The molecule has 1 atom stereocenters. The minimum absolute atomic E-state index is 0.0140. The van der Waals surface area contributed by atoms with E-state index in [0.29, 0.717) is 12.5 Å². The third-order valence-electron chi connectivity index (χ3n) is 2.97. The summed E-state index contributed by atoms with van der Waals surface area (Å²) < 4.78 is 1.91. The molecule has 0 saturated heterocycles. The average Bonchev–Trinajstić information content (AvgIpc) is 2.76. The highest BCUT2D eigenvalue weighted by atomic mass is 35.5. The van der Waals surface area contributed by atoms with Gasteiger partial charge in [0, 0.05) is 23.5 Å². The summed E-state index contributed by atoms with van der Waals surface area (Å²) in [5.74, 6) is 0.935. The molecule has 102 valence electrons. The number of nitrogens with two attached hydrogens (primary N) is 1. The van der Waals surface area contributed by atoms with Crippen LogP contribution in [0.2, 0.25) is 5.02 Å². The molecule has 0 amide bonds. The predicted octanol–water partition coefficient (Wildman–Crippen LogP) is 2.62. The van der Waals surface area contributed by atoms with E-state index < -0.39 is 0 Å². The largest absolute Gasteiger partial charge is 0.327 e. The minimum Gasteiger partial charge on any atom is -0.327 e. The van der Waals surface area contributed by atoms with Crippen LogP contribution in [0.3, 0.4) is 0 Å². The first kappa shape index (κ1) is 14.0. The molecule has 0 radical (unpaired) electrons. The molecule has 1 aromatic carbocycles. The second-order valence-electron chi connectivity index (χ2n) is 5.01. The van der Waals surface area contributed by atoms with Gasteiger partial charge in [0.15, 0.2) is 0 Å². The summed E-state index contributed by atoms with van der Waals surface area (Å²) in [6.45, 7) is 4.17. The van der Waals surface area contributed by atoms with E-state index >= 15 is 0 Å². The Kier molecular flexibility index (Phi) is 4.56. The molecule has 0 aliphatic rings. The maximum absolute atomic E-state index is 6.19. The molecule has 0 aliphatic carbocycles. The lowest BCUT2D eigenvalue weighted by Gasteiger charge is -2.14. The summed E-state index contributed by atoms with van der Waals surface area (Å²) in [6, 6.07) is 8.12. The van der Waals surface area contributed by atoms with Crippen LogP contribution in [0.25, 0.3) is 0 Å². The van der Waals surface area contributed by atoms with Crippen molar-refractivity contribution in [3.8, 4) is 0 Å². The minimum atomic E-state index is 0.0140.